The van der Waals surface area contributed by atoms with Crippen molar-refractivity contribution in [3.05, 3.63) is 28.8 Å². The smallest absolute Gasteiger partial charge is 0.254 e. The molecule has 1 heterocycles. The molecule has 0 unspecified atom stereocenters. The summed E-state index contributed by atoms with van der Waals surface area (Å²) < 4.78 is 5.31. The number of hydrogen-bond donors (Lipinski definition) is 0. The lowest BCUT2D eigenvalue weighted by Gasteiger charge is -2.23. The van der Waals surface area contributed by atoms with E-state index in [9.17, 15) is 9.59 Å². The minimum atomic E-state index is 0.0408. The van der Waals surface area contributed by atoms with Gasteiger partial charge in [-0.1, -0.05) is 6.92 Å². The van der Waals surface area contributed by atoms with Crippen LogP contribution in [0.1, 0.15) is 41.3 Å². The average Bonchev–Trinajstić information content (AvgIpc) is 2.81. The maximum atomic E-state index is 12.9. The molecule has 1 aliphatic rings. The maximum absolute atomic E-state index is 12.9. The van der Waals surface area contributed by atoms with E-state index in [1.807, 2.05) is 42.7 Å². The molecule has 1 aromatic rings. The fraction of sp³-hybridized carbons (Fsp3) is 0.556. The molecule has 5 heteroatoms. The number of amides is 2. The van der Waals surface area contributed by atoms with Crippen LogP contribution in [0.3, 0.4) is 0 Å². The van der Waals surface area contributed by atoms with Crippen molar-refractivity contribution in [2.24, 2.45) is 0 Å². The number of rotatable bonds is 3. The summed E-state index contributed by atoms with van der Waals surface area (Å²) in [5, 5.41) is 0. The van der Waals surface area contributed by atoms with Gasteiger partial charge in [-0.05, 0) is 43.5 Å². The summed E-state index contributed by atoms with van der Waals surface area (Å²) in [6.07, 6.45) is 1.34. The van der Waals surface area contributed by atoms with Crippen molar-refractivity contribution < 1.29 is 14.3 Å². The standard InChI is InChI=1S/C18H26N2O3/c1-5-17(21)19-7-6-8-20(10-9-19)18(22)15-11-14(3)16(23-4)12-13(15)2/h11-12H,5-10H2,1-4H3. The molecular formula is C18H26N2O3. The van der Waals surface area contributed by atoms with E-state index in [1.54, 1.807) is 7.11 Å². The van der Waals surface area contributed by atoms with E-state index in [2.05, 4.69) is 0 Å². The van der Waals surface area contributed by atoms with Crippen LogP contribution in [-0.2, 0) is 4.79 Å². The van der Waals surface area contributed by atoms with Crippen LogP contribution in [0.2, 0.25) is 0 Å². The van der Waals surface area contributed by atoms with Crippen LogP contribution in [0.5, 0.6) is 5.75 Å². The fourth-order valence-corrected chi connectivity index (χ4v) is 3.00. The molecule has 0 radical (unpaired) electrons. The first-order valence-corrected chi connectivity index (χ1v) is 8.20. The molecular weight excluding hydrogens is 292 g/mol. The van der Waals surface area contributed by atoms with E-state index in [0.29, 0.717) is 26.1 Å². The molecule has 2 amide bonds. The van der Waals surface area contributed by atoms with E-state index in [1.165, 1.54) is 0 Å². The third-order valence-electron chi connectivity index (χ3n) is 4.41. The number of nitrogens with zero attached hydrogens (tertiary/aromatic N) is 2. The second-order valence-corrected chi connectivity index (χ2v) is 6.02. The number of carbonyl (C=O) groups excluding carboxylic acids is 2. The highest BCUT2D eigenvalue weighted by molar-refractivity contribution is 5.96. The monoisotopic (exact) mass is 318 g/mol. The molecule has 0 N–H and O–H groups in total. The Morgan fingerprint density at radius 3 is 2.35 bits per heavy atom. The summed E-state index contributed by atoms with van der Waals surface area (Å²) in [6.45, 7) is 8.38. The van der Waals surface area contributed by atoms with E-state index < -0.39 is 0 Å². The van der Waals surface area contributed by atoms with E-state index in [-0.39, 0.29) is 11.8 Å². The summed E-state index contributed by atoms with van der Waals surface area (Å²) in [5.74, 6) is 1.00. The predicted molar refractivity (Wildman–Crippen MR) is 89.9 cm³/mol. The summed E-state index contributed by atoms with van der Waals surface area (Å²) in [6, 6.07) is 3.81. The molecule has 2 rings (SSSR count). The molecule has 0 saturated carbocycles. The largest absolute Gasteiger partial charge is 0.496 e. The number of benzene rings is 1. The predicted octanol–water partition coefficient (Wildman–Crippen LogP) is 2.40. The van der Waals surface area contributed by atoms with Gasteiger partial charge in [-0.25, -0.2) is 0 Å². The molecule has 0 atom stereocenters. The van der Waals surface area contributed by atoms with Crippen molar-refractivity contribution in [3.8, 4) is 5.75 Å². The van der Waals surface area contributed by atoms with Crippen molar-refractivity contribution in [2.75, 3.05) is 33.3 Å². The number of hydrogen-bond acceptors (Lipinski definition) is 3. The highest BCUT2D eigenvalue weighted by Gasteiger charge is 2.23. The van der Waals surface area contributed by atoms with Crippen LogP contribution in [-0.4, -0.2) is 54.9 Å². The third kappa shape index (κ3) is 3.84. The molecule has 0 bridgehead atoms. The van der Waals surface area contributed by atoms with E-state index >= 15 is 0 Å². The van der Waals surface area contributed by atoms with Gasteiger partial charge in [0.05, 0.1) is 7.11 Å². The average molecular weight is 318 g/mol. The van der Waals surface area contributed by atoms with Crippen LogP contribution < -0.4 is 4.74 Å². The fourth-order valence-electron chi connectivity index (χ4n) is 3.00. The molecule has 23 heavy (non-hydrogen) atoms. The Balaban J connectivity index is 2.15. The Hall–Kier alpha value is -2.04. The van der Waals surface area contributed by atoms with Crippen molar-refractivity contribution in [1.82, 2.24) is 9.80 Å². The molecule has 0 spiro atoms. The van der Waals surface area contributed by atoms with E-state index in [0.717, 1.165) is 35.4 Å². The van der Waals surface area contributed by atoms with Gasteiger partial charge in [-0.3, -0.25) is 9.59 Å². The first kappa shape index (κ1) is 17.3. The summed E-state index contributed by atoms with van der Waals surface area (Å²) in [7, 11) is 1.64. The first-order chi connectivity index (χ1) is 11.0. The minimum Gasteiger partial charge on any atom is -0.496 e. The zero-order chi connectivity index (χ0) is 17.0. The van der Waals surface area contributed by atoms with Gasteiger partial charge in [-0.2, -0.15) is 0 Å². The Morgan fingerprint density at radius 2 is 1.70 bits per heavy atom. The topological polar surface area (TPSA) is 49.9 Å². The lowest BCUT2D eigenvalue weighted by atomic mass is 10.0. The minimum absolute atomic E-state index is 0.0408. The van der Waals surface area contributed by atoms with Gasteiger partial charge >= 0.3 is 0 Å². The molecule has 1 aromatic carbocycles. The molecule has 1 fully saturated rings. The van der Waals surface area contributed by atoms with Gasteiger partial charge in [-0.15, -0.1) is 0 Å². The number of carbonyl (C=O) groups is 2. The van der Waals surface area contributed by atoms with Gasteiger partial charge in [0, 0.05) is 38.2 Å². The number of ether oxygens (including phenoxy) is 1. The molecule has 0 aromatic heterocycles. The maximum Gasteiger partial charge on any atom is 0.254 e. The van der Waals surface area contributed by atoms with Gasteiger partial charge in [0.15, 0.2) is 0 Å². The van der Waals surface area contributed by atoms with Gasteiger partial charge in [0.2, 0.25) is 5.91 Å². The van der Waals surface area contributed by atoms with Gasteiger partial charge in [0.1, 0.15) is 5.75 Å². The Morgan fingerprint density at radius 1 is 1.04 bits per heavy atom. The number of aryl methyl sites for hydroxylation is 2. The van der Waals surface area contributed by atoms with Crippen LogP contribution in [0.15, 0.2) is 12.1 Å². The van der Waals surface area contributed by atoms with Crippen molar-refractivity contribution >= 4 is 11.8 Å². The highest BCUT2D eigenvalue weighted by Crippen LogP contribution is 2.24. The van der Waals surface area contributed by atoms with Crippen molar-refractivity contribution in [2.45, 2.75) is 33.6 Å². The normalized spacial score (nSPS) is 15.3. The van der Waals surface area contributed by atoms with E-state index in [4.69, 9.17) is 4.74 Å². The zero-order valence-electron chi connectivity index (χ0n) is 14.5. The molecule has 1 aliphatic heterocycles. The second-order valence-electron chi connectivity index (χ2n) is 6.02. The van der Waals surface area contributed by atoms with Crippen LogP contribution in [0, 0.1) is 13.8 Å². The number of methoxy groups -OCH3 is 1. The Labute approximate surface area is 138 Å². The van der Waals surface area contributed by atoms with Crippen LogP contribution >= 0.6 is 0 Å². The van der Waals surface area contributed by atoms with Crippen LogP contribution in [0.25, 0.3) is 0 Å². The summed E-state index contributed by atoms with van der Waals surface area (Å²) in [4.78, 5) is 28.4. The first-order valence-electron chi connectivity index (χ1n) is 8.20. The molecule has 5 nitrogen and oxygen atoms in total. The van der Waals surface area contributed by atoms with Crippen molar-refractivity contribution in [1.29, 1.82) is 0 Å². The third-order valence-corrected chi connectivity index (χ3v) is 4.41. The lowest BCUT2D eigenvalue weighted by molar-refractivity contribution is -0.130. The van der Waals surface area contributed by atoms with Crippen LogP contribution in [0.4, 0.5) is 0 Å². The van der Waals surface area contributed by atoms with Gasteiger partial charge < -0.3 is 14.5 Å². The molecule has 1 saturated heterocycles. The zero-order valence-corrected chi connectivity index (χ0v) is 14.5. The van der Waals surface area contributed by atoms with Gasteiger partial charge in [0.25, 0.3) is 5.91 Å². The molecule has 0 aliphatic carbocycles. The molecule has 126 valence electrons. The van der Waals surface area contributed by atoms with Crippen molar-refractivity contribution in [3.63, 3.8) is 0 Å². The Kier molecular flexibility index (Phi) is 5.64. The SMILES string of the molecule is CCC(=O)N1CCCN(C(=O)c2cc(C)c(OC)cc2C)CC1. The Bertz CT molecular complexity index is 598. The lowest BCUT2D eigenvalue weighted by Crippen LogP contribution is -2.37. The summed E-state index contributed by atoms with van der Waals surface area (Å²) in [5.41, 5.74) is 2.60. The summed E-state index contributed by atoms with van der Waals surface area (Å²) >= 11 is 0. The highest BCUT2D eigenvalue weighted by atomic mass is 16.5. The second kappa shape index (κ2) is 7.49. The quantitative estimate of drug-likeness (QED) is 0.860.